The highest BCUT2D eigenvalue weighted by atomic mass is 32.2. The van der Waals surface area contributed by atoms with E-state index in [-0.39, 0.29) is 17.9 Å². The Morgan fingerprint density at radius 3 is 2.50 bits per heavy atom. The van der Waals surface area contributed by atoms with Gasteiger partial charge in [0.2, 0.25) is 5.91 Å². The molecule has 1 fully saturated rings. The average molecular weight is 449 g/mol. The minimum absolute atomic E-state index is 0.0124. The van der Waals surface area contributed by atoms with Crippen LogP contribution in [0.15, 0.2) is 70.9 Å². The molecular weight excluding hydrogens is 420 g/mol. The number of fused-ring (bicyclic) bond motifs is 1. The lowest BCUT2D eigenvalue weighted by Gasteiger charge is -2.40. The van der Waals surface area contributed by atoms with Crippen molar-refractivity contribution in [2.45, 2.75) is 39.2 Å². The van der Waals surface area contributed by atoms with E-state index in [9.17, 15) is 9.59 Å². The molecule has 2 aromatic rings. The van der Waals surface area contributed by atoms with Crippen LogP contribution in [0.4, 0.5) is 11.4 Å². The van der Waals surface area contributed by atoms with Crippen molar-refractivity contribution in [3.63, 3.8) is 0 Å². The van der Waals surface area contributed by atoms with Crippen molar-refractivity contribution < 1.29 is 9.59 Å². The van der Waals surface area contributed by atoms with Gasteiger partial charge in [-0.1, -0.05) is 49.0 Å². The van der Waals surface area contributed by atoms with Gasteiger partial charge in [0.05, 0.1) is 17.3 Å². The molecule has 6 nitrogen and oxygen atoms in total. The molecule has 0 saturated carbocycles. The molecule has 4 rings (SSSR count). The van der Waals surface area contributed by atoms with E-state index in [0.717, 1.165) is 52.9 Å². The topological polar surface area (TPSA) is 73.8 Å². The molecule has 0 bridgehead atoms. The van der Waals surface area contributed by atoms with Gasteiger partial charge in [0.15, 0.2) is 5.17 Å². The monoisotopic (exact) mass is 448 g/mol. The van der Waals surface area contributed by atoms with Crippen molar-refractivity contribution in [2.24, 2.45) is 4.99 Å². The van der Waals surface area contributed by atoms with Gasteiger partial charge in [0.1, 0.15) is 0 Å². The molecule has 0 aliphatic carbocycles. The van der Waals surface area contributed by atoms with E-state index in [0.29, 0.717) is 12.0 Å². The number of allylic oxidation sites excluding steroid dienone is 1. The van der Waals surface area contributed by atoms with Crippen LogP contribution in [0, 0.1) is 0 Å². The van der Waals surface area contributed by atoms with Crippen LogP contribution in [-0.4, -0.2) is 34.2 Å². The minimum atomic E-state index is -0.223. The normalized spacial score (nSPS) is 18.0. The molecule has 2 aromatic carbocycles. The van der Waals surface area contributed by atoms with Crippen molar-refractivity contribution in [1.29, 1.82) is 0 Å². The quantitative estimate of drug-likeness (QED) is 0.638. The van der Waals surface area contributed by atoms with Gasteiger partial charge in [-0.3, -0.25) is 9.59 Å². The van der Waals surface area contributed by atoms with Gasteiger partial charge in [-0.25, -0.2) is 4.99 Å². The zero-order chi connectivity index (χ0) is 22.5. The smallest absolute Gasteiger partial charge is 0.255 e. The first-order valence-electron chi connectivity index (χ1n) is 11.0. The summed E-state index contributed by atoms with van der Waals surface area (Å²) >= 11 is 1.74. The summed E-state index contributed by atoms with van der Waals surface area (Å²) in [4.78, 5) is 32.3. The van der Waals surface area contributed by atoms with E-state index in [4.69, 9.17) is 4.99 Å². The Morgan fingerprint density at radius 2 is 1.78 bits per heavy atom. The second-order valence-corrected chi connectivity index (χ2v) is 8.99. The van der Waals surface area contributed by atoms with Crippen LogP contribution in [0.25, 0.3) is 0 Å². The van der Waals surface area contributed by atoms with Gasteiger partial charge >= 0.3 is 0 Å². The SMILES string of the molecule is CCCC(=O)Nc1ccc(C2C(C(=O)Nc3ccccc3)=C(C)N=C3SCCCN32)cc1. The molecule has 2 aliphatic rings. The number of thioether (sulfide) groups is 1. The Kier molecular flexibility index (Phi) is 6.95. The summed E-state index contributed by atoms with van der Waals surface area (Å²) in [6, 6.07) is 17.1. The Morgan fingerprint density at radius 1 is 1.06 bits per heavy atom. The van der Waals surface area contributed by atoms with E-state index < -0.39 is 0 Å². The fourth-order valence-corrected chi connectivity index (χ4v) is 5.04. The van der Waals surface area contributed by atoms with Gasteiger partial charge < -0.3 is 15.5 Å². The lowest BCUT2D eigenvalue weighted by atomic mass is 9.93. The number of hydrogen-bond donors (Lipinski definition) is 2. The Labute approximate surface area is 193 Å². The molecule has 7 heteroatoms. The number of amidine groups is 1. The Balaban J connectivity index is 1.66. The van der Waals surface area contributed by atoms with Crippen LogP contribution in [0.2, 0.25) is 0 Å². The molecule has 2 N–H and O–H groups in total. The molecule has 1 saturated heterocycles. The van der Waals surface area contributed by atoms with Crippen molar-refractivity contribution in [3.05, 3.63) is 71.4 Å². The number of nitrogens with zero attached hydrogens (tertiary/aromatic N) is 2. The number of aliphatic imine (C=N–C) groups is 1. The molecule has 0 radical (unpaired) electrons. The zero-order valence-corrected chi connectivity index (χ0v) is 19.2. The summed E-state index contributed by atoms with van der Waals surface area (Å²) in [6.07, 6.45) is 2.35. The van der Waals surface area contributed by atoms with Crippen LogP contribution in [-0.2, 0) is 9.59 Å². The van der Waals surface area contributed by atoms with Gasteiger partial charge in [-0.05, 0) is 49.6 Å². The van der Waals surface area contributed by atoms with E-state index >= 15 is 0 Å². The van der Waals surface area contributed by atoms with E-state index in [1.165, 1.54) is 0 Å². The predicted octanol–water partition coefficient (Wildman–Crippen LogP) is 5.19. The molecule has 2 aliphatic heterocycles. The number of carbonyl (C=O) groups is 2. The maximum atomic E-state index is 13.4. The van der Waals surface area contributed by atoms with Crippen LogP contribution < -0.4 is 10.6 Å². The molecule has 2 heterocycles. The fraction of sp³-hybridized carbons (Fsp3) is 0.320. The Hall–Kier alpha value is -3.06. The second-order valence-electron chi connectivity index (χ2n) is 7.93. The highest BCUT2D eigenvalue weighted by Crippen LogP contribution is 2.40. The van der Waals surface area contributed by atoms with Crippen molar-refractivity contribution in [2.75, 3.05) is 22.9 Å². The third-order valence-electron chi connectivity index (χ3n) is 5.52. The number of anilines is 2. The maximum Gasteiger partial charge on any atom is 0.255 e. The lowest BCUT2D eigenvalue weighted by molar-refractivity contribution is -0.116. The standard InChI is InChI=1S/C25H28N4O2S/c1-3-8-21(30)27-20-13-11-18(12-14-20)23-22(24(31)28-19-9-5-4-6-10-19)17(2)26-25-29(23)15-7-16-32-25/h4-6,9-14,23H,3,7-8,15-16H2,1-2H3,(H,27,30)(H,28,31). The summed E-state index contributed by atoms with van der Waals surface area (Å²) in [7, 11) is 0. The van der Waals surface area contributed by atoms with E-state index in [1.54, 1.807) is 11.8 Å². The number of hydrogen-bond acceptors (Lipinski definition) is 5. The van der Waals surface area contributed by atoms with Crippen molar-refractivity contribution in [3.8, 4) is 0 Å². The number of benzene rings is 2. The van der Waals surface area contributed by atoms with Gasteiger partial charge in [0, 0.05) is 30.1 Å². The van der Waals surface area contributed by atoms with Crippen LogP contribution in [0.5, 0.6) is 0 Å². The number of carbonyl (C=O) groups excluding carboxylic acids is 2. The molecule has 0 aromatic heterocycles. The summed E-state index contributed by atoms with van der Waals surface area (Å²) in [5.41, 5.74) is 3.92. The number of amides is 2. The van der Waals surface area contributed by atoms with Crippen LogP contribution in [0.3, 0.4) is 0 Å². The average Bonchev–Trinajstić information content (AvgIpc) is 2.79. The van der Waals surface area contributed by atoms with Gasteiger partial charge in [-0.15, -0.1) is 0 Å². The summed E-state index contributed by atoms with van der Waals surface area (Å²) < 4.78 is 0. The molecule has 1 atom stereocenters. The number of nitrogens with one attached hydrogen (secondary N) is 2. The fourth-order valence-electron chi connectivity index (χ4n) is 4.02. The molecule has 2 amide bonds. The molecule has 166 valence electrons. The summed E-state index contributed by atoms with van der Waals surface area (Å²) in [6.45, 7) is 4.74. The van der Waals surface area contributed by atoms with Crippen molar-refractivity contribution >= 4 is 40.1 Å². The van der Waals surface area contributed by atoms with E-state index in [2.05, 4.69) is 15.5 Å². The minimum Gasteiger partial charge on any atom is -0.340 e. The molecule has 32 heavy (non-hydrogen) atoms. The summed E-state index contributed by atoms with van der Waals surface area (Å²) in [5, 5.41) is 6.93. The van der Waals surface area contributed by atoms with Crippen molar-refractivity contribution in [1.82, 2.24) is 4.90 Å². The maximum absolute atomic E-state index is 13.4. The first-order chi connectivity index (χ1) is 15.6. The highest BCUT2D eigenvalue weighted by molar-refractivity contribution is 8.13. The Bertz CT molecular complexity index is 1050. The summed E-state index contributed by atoms with van der Waals surface area (Å²) in [5.74, 6) is 0.902. The first kappa shape index (κ1) is 22.1. The number of rotatable bonds is 6. The molecular formula is C25H28N4O2S. The van der Waals surface area contributed by atoms with E-state index in [1.807, 2.05) is 68.4 Å². The van der Waals surface area contributed by atoms with Crippen LogP contribution in [0.1, 0.15) is 44.7 Å². The second kappa shape index (κ2) is 10.0. The third-order valence-corrected chi connectivity index (χ3v) is 6.60. The predicted molar refractivity (Wildman–Crippen MR) is 132 cm³/mol. The lowest BCUT2D eigenvalue weighted by Crippen LogP contribution is -2.43. The first-order valence-corrected chi connectivity index (χ1v) is 12.0. The molecule has 0 spiro atoms. The highest BCUT2D eigenvalue weighted by Gasteiger charge is 2.37. The number of para-hydroxylation sites is 1. The van der Waals surface area contributed by atoms with Gasteiger partial charge in [-0.2, -0.15) is 0 Å². The third kappa shape index (κ3) is 4.88. The van der Waals surface area contributed by atoms with Crippen LogP contribution >= 0.6 is 11.8 Å². The zero-order valence-electron chi connectivity index (χ0n) is 18.4. The molecule has 1 unspecified atom stereocenters. The largest absolute Gasteiger partial charge is 0.340 e. The van der Waals surface area contributed by atoms with Gasteiger partial charge in [0.25, 0.3) is 5.91 Å².